The lowest BCUT2D eigenvalue weighted by Crippen LogP contribution is -2.49. The van der Waals surface area contributed by atoms with Crippen molar-refractivity contribution < 1.29 is 31.8 Å². The monoisotopic (exact) mass is 497 g/mol. The van der Waals surface area contributed by atoms with Gasteiger partial charge >= 0.3 is 5.97 Å². The summed E-state index contributed by atoms with van der Waals surface area (Å²) in [5, 5.41) is 16.5. The van der Waals surface area contributed by atoms with Crippen LogP contribution in [0.3, 0.4) is 0 Å². The maximum Gasteiger partial charge on any atom is 0.341 e. The number of rotatable bonds is 3. The van der Waals surface area contributed by atoms with Gasteiger partial charge in [-0.15, -0.1) is 0 Å². The number of nitrogens with two attached hydrogens (primary N) is 1. The number of nitrogens with zero attached hydrogens (tertiary/aromatic N) is 2. The topological polar surface area (TPSA) is 141 Å². The van der Waals surface area contributed by atoms with Gasteiger partial charge < -0.3 is 24.4 Å². The van der Waals surface area contributed by atoms with E-state index in [0.717, 1.165) is 29.0 Å². The minimum atomic E-state index is -2.36. The van der Waals surface area contributed by atoms with E-state index in [1.807, 2.05) is 6.92 Å². The zero-order chi connectivity index (χ0) is 25.2. The van der Waals surface area contributed by atoms with Crippen molar-refractivity contribution in [3.63, 3.8) is 0 Å². The Morgan fingerprint density at radius 3 is 2.44 bits per heavy atom. The first kappa shape index (κ1) is 25.4. The van der Waals surface area contributed by atoms with Crippen molar-refractivity contribution >= 4 is 33.8 Å². The maximum absolute atomic E-state index is 14.9. The Labute approximate surface area is 194 Å². The van der Waals surface area contributed by atoms with Crippen LogP contribution in [0.4, 0.5) is 18.9 Å². The van der Waals surface area contributed by atoms with Crippen molar-refractivity contribution in [3.8, 4) is 5.69 Å². The molecule has 34 heavy (non-hydrogen) atoms. The molecule has 4 N–H and O–H groups in total. The number of benzene rings is 2. The summed E-state index contributed by atoms with van der Waals surface area (Å²) >= 11 is -2.36. The van der Waals surface area contributed by atoms with Crippen molar-refractivity contribution in [1.82, 2.24) is 9.88 Å². The molecule has 2 heterocycles. The third-order valence-corrected chi connectivity index (χ3v) is 5.18. The smallest absolute Gasteiger partial charge is 0.341 e. The lowest BCUT2D eigenvalue weighted by molar-refractivity contribution is 0.0695. The molecule has 0 spiro atoms. The fourth-order valence-electron chi connectivity index (χ4n) is 3.76. The molecular formula is C21H20F3N4O5S-. The predicted molar refractivity (Wildman–Crippen MR) is 119 cm³/mol. The van der Waals surface area contributed by atoms with Crippen LogP contribution in [0.2, 0.25) is 0 Å². The van der Waals surface area contributed by atoms with Gasteiger partial charge in [-0.2, -0.15) is 0 Å². The Kier molecular flexibility index (Phi) is 7.71. The number of carboxylic acids is 1. The first-order valence-corrected chi connectivity index (χ1v) is 11.0. The van der Waals surface area contributed by atoms with Crippen LogP contribution in [0.1, 0.15) is 17.3 Å². The fourth-order valence-corrected chi connectivity index (χ4v) is 3.76. The molecule has 1 saturated heterocycles. The molecule has 0 aliphatic carbocycles. The number of fused-ring (bicyclic) bond motifs is 1. The quantitative estimate of drug-likeness (QED) is 0.467. The zero-order valence-electron chi connectivity index (χ0n) is 17.8. The van der Waals surface area contributed by atoms with Crippen molar-refractivity contribution in [1.29, 1.82) is 0 Å². The van der Waals surface area contributed by atoms with E-state index in [0.29, 0.717) is 25.7 Å². The van der Waals surface area contributed by atoms with Gasteiger partial charge in [0.15, 0.2) is 0 Å². The summed E-state index contributed by atoms with van der Waals surface area (Å²) in [6, 6.07) is 5.30. The molecule has 3 aromatic rings. The molecular weight excluding hydrogens is 477 g/mol. The van der Waals surface area contributed by atoms with Crippen LogP contribution in [-0.2, 0) is 11.3 Å². The SMILES string of the molecule is CC1CN(c2cc3c(cc2F)c(=O)c(C(=O)O)cn3-c2ccc(F)cc2F)CCN1.NS(=O)[O-]. The van der Waals surface area contributed by atoms with Gasteiger partial charge in [-0.1, -0.05) is 0 Å². The van der Waals surface area contributed by atoms with Crippen LogP contribution in [0.25, 0.3) is 16.6 Å². The van der Waals surface area contributed by atoms with Gasteiger partial charge in [-0.3, -0.25) is 14.1 Å². The van der Waals surface area contributed by atoms with Crippen LogP contribution < -0.4 is 20.8 Å². The van der Waals surface area contributed by atoms with E-state index in [4.69, 9.17) is 8.76 Å². The highest BCUT2D eigenvalue weighted by Crippen LogP contribution is 2.28. The summed E-state index contributed by atoms with van der Waals surface area (Å²) in [4.78, 5) is 26.0. The Balaban J connectivity index is 0.000000751. The number of anilines is 1. The van der Waals surface area contributed by atoms with Crippen LogP contribution in [-0.4, -0.2) is 50.1 Å². The number of hydrogen-bond donors (Lipinski definition) is 3. The Hall–Kier alpha value is -3.26. The van der Waals surface area contributed by atoms with Crippen molar-refractivity contribution in [2.75, 3.05) is 24.5 Å². The van der Waals surface area contributed by atoms with E-state index in [-0.39, 0.29) is 28.3 Å². The lowest BCUT2D eigenvalue weighted by atomic mass is 10.1. The third-order valence-electron chi connectivity index (χ3n) is 5.18. The minimum Gasteiger partial charge on any atom is -0.760 e. The molecule has 0 amide bonds. The van der Waals surface area contributed by atoms with Gasteiger partial charge in [0.25, 0.3) is 0 Å². The van der Waals surface area contributed by atoms with E-state index in [1.54, 1.807) is 4.90 Å². The Bertz CT molecular complexity index is 1330. The number of aromatic nitrogens is 1. The van der Waals surface area contributed by atoms with Crippen LogP contribution in [0, 0.1) is 17.5 Å². The molecule has 0 radical (unpaired) electrons. The van der Waals surface area contributed by atoms with Crippen LogP contribution in [0.5, 0.6) is 0 Å². The summed E-state index contributed by atoms with van der Waals surface area (Å²) in [6.07, 6.45) is 0.978. The number of aromatic carboxylic acids is 1. The zero-order valence-corrected chi connectivity index (χ0v) is 18.6. The highest BCUT2D eigenvalue weighted by Gasteiger charge is 2.23. The number of hydrogen-bond acceptors (Lipinski definition) is 6. The summed E-state index contributed by atoms with van der Waals surface area (Å²) in [5.41, 5.74) is -1.34. The van der Waals surface area contributed by atoms with E-state index in [2.05, 4.69) is 10.5 Å². The van der Waals surface area contributed by atoms with E-state index >= 15 is 0 Å². The number of pyridine rings is 1. The molecule has 2 atom stereocenters. The standard InChI is InChI=1S/C21H18F3N3O3.H3NO2S/c1-11-9-26(5-4-25-11)19-8-18-13(7-16(19)24)20(28)14(21(29)30)10-27(18)17-3-2-12(22)6-15(17)23;1-4(2)3/h2-3,6-8,10-11,25H,4-5,9H2,1H3,(H,29,30);1H2,(H,2,3)/p-1. The molecule has 0 saturated carbocycles. The number of carbonyl (C=O) groups is 1. The van der Waals surface area contributed by atoms with Gasteiger partial charge in [-0.05, 0) is 31.2 Å². The lowest BCUT2D eigenvalue weighted by Gasteiger charge is -2.34. The average molecular weight is 497 g/mol. The van der Waals surface area contributed by atoms with Gasteiger partial charge in [0, 0.05) is 54.6 Å². The highest BCUT2D eigenvalue weighted by atomic mass is 32.2. The molecule has 1 aliphatic rings. The van der Waals surface area contributed by atoms with Crippen molar-refractivity contribution in [3.05, 3.63) is 69.8 Å². The second-order valence-corrected chi connectivity index (χ2v) is 8.05. The fraction of sp³-hybridized carbons (Fsp3) is 0.238. The molecule has 182 valence electrons. The Morgan fingerprint density at radius 2 is 1.85 bits per heavy atom. The second kappa shape index (κ2) is 10.3. The first-order chi connectivity index (χ1) is 16.0. The molecule has 0 bridgehead atoms. The van der Waals surface area contributed by atoms with Gasteiger partial charge in [-0.25, -0.2) is 18.0 Å². The van der Waals surface area contributed by atoms with Gasteiger partial charge in [0.05, 0.1) is 16.9 Å². The summed E-state index contributed by atoms with van der Waals surface area (Å²) in [6.45, 7) is 3.63. The van der Waals surface area contributed by atoms with Crippen LogP contribution >= 0.6 is 0 Å². The summed E-state index contributed by atoms with van der Waals surface area (Å²) < 4.78 is 61.5. The second-order valence-electron chi connectivity index (χ2n) is 7.53. The highest BCUT2D eigenvalue weighted by molar-refractivity contribution is 7.76. The molecule has 1 aromatic heterocycles. The third kappa shape index (κ3) is 5.44. The summed E-state index contributed by atoms with van der Waals surface area (Å²) in [5.74, 6) is -3.96. The summed E-state index contributed by atoms with van der Waals surface area (Å²) in [7, 11) is 0. The number of nitrogens with one attached hydrogen (secondary N) is 1. The molecule has 2 unspecified atom stereocenters. The van der Waals surface area contributed by atoms with E-state index in [9.17, 15) is 27.9 Å². The normalized spacial score (nSPS) is 16.6. The molecule has 2 aromatic carbocycles. The van der Waals surface area contributed by atoms with E-state index < -0.39 is 45.7 Å². The number of halogens is 3. The Morgan fingerprint density at radius 1 is 1.21 bits per heavy atom. The molecule has 9 nitrogen and oxygen atoms in total. The maximum atomic E-state index is 14.9. The van der Waals surface area contributed by atoms with E-state index in [1.165, 1.54) is 6.07 Å². The van der Waals surface area contributed by atoms with Gasteiger partial charge in [0.1, 0.15) is 23.0 Å². The molecule has 1 aliphatic heterocycles. The average Bonchev–Trinajstić information content (AvgIpc) is 2.74. The van der Waals surface area contributed by atoms with Crippen molar-refractivity contribution in [2.45, 2.75) is 13.0 Å². The van der Waals surface area contributed by atoms with Gasteiger partial charge in [0.2, 0.25) is 5.43 Å². The molecule has 1 fully saturated rings. The number of piperazine rings is 1. The molecule has 4 rings (SSSR count). The molecule has 13 heteroatoms. The number of carboxylic acid groups (broad SMARTS) is 1. The van der Waals surface area contributed by atoms with Crippen molar-refractivity contribution in [2.24, 2.45) is 5.14 Å². The predicted octanol–water partition coefficient (Wildman–Crippen LogP) is 1.64. The first-order valence-electron chi connectivity index (χ1n) is 9.89. The van der Waals surface area contributed by atoms with Crippen LogP contribution in [0.15, 0.2) is 41.3 Å². The largest absolute Gasteiger partial charge is 0.760 e. The minimum absolute atomic E-state index is 0.111.